The standard InChI is InChI=1S/C14H29O/c1-3-5-7-8-9-10-11-13-14(15)12-6-4-2/h14H,3-13H2,1-2H3. The van der Waals surface area contributed by atoms with E-state index in [0.29, 0.717) is 0 Å². The van der Waals surface area contributed by atoms with Crippen LogP contribution in [0.5, 0.6) is 0 Å². The first-order valence-electron chi connectivity index (χ1n) is 6.97. The van der Waals surface area contributed by atoms with Crippen molar-refractivity contribution in [2.45, 2.75) is 90.6 Å². The van der Waals surface area contributed by atoms with Crippen LogP contribution in [0, 0.1) is 0 Å². The second kappa shape index (κ2) is 12.0. The van der Waals surface area contributed by atoms with Gasteiger partial charge in [0, 0.05) is 0 Å². The lowest BCUT2D eigenvalue weighted by Gasteiger charge is -2.06. The SMILES string of the molecule is CCCCCCCCCC([O])CCCC. The van der Waals surface area contributed by atoms with Gasteiger partial charge in [-0.15, -0.1) is 0 Å². The molecular weight excluding hydrogens is 184 g/mol. The first-order valence-corrected chi connectivity index (χ1v) is 6.97. The molecule has 0 bridgehead atoms. The van der Waals surface area contributed by atoms with E-state index in [1.54, 1.807) is 0 Å². The maximum atomic E-state index is 11.4. The molecule has 0 rings (SSSR count). The van der Waals surface area contributed by atoms with E-state index in [2.05, 4.69) is 13.8 Å². The number of rotatable bonds is 11. The summed E-state index contributed by atoms with van der Waals surface area (Å²) in [5.41, 5.74) is 0. The molecule has 0 saturated heterocycles. The number of hydrogen-bond donors (Lipinski definition) is 0. The van der Waals surface area contributed by atoms with Gasteiger partial charge in [0.2, 0.25) is 0 Å². The fourth-order valence-electron chi connectivity index (χ4n) is 1.91. The average molecular weight is 213 g/mol. The van der Waals surface area contributed by atoms with E-state index in [1.165, 1.54) is 38.5 Å². The minimum Gasteiger partial charge on any atom is -0.233 e. The minimum atomic E-state index is -0.277. The Morgan fingerprint density at radius 1 is 0.667 bits per heavy atom. The fraction of sp³-hybridized carbons (Fsp3) is 1.00. The average Bonchev–Trinajstić information content (AvgIpc) is 2.25. The Hall–Kier alpha value is -0.0400. The molecule has 15 heavy (non-hydrogen) atoms. The molecule has 1 atom stereocenters. The Morgan fingerprint density at radius 2 is 1.13 bits per heavy atom. The van der Waals surface area contributed by atoms with E-state index in [0.717, 1.165) is 32.1 Å². The summed E-state index contributed by atoms with van der Waals surface area (Å²) in [6.07, 6.45) is 13.0. The van der Waals surface area contributed by atoms with Crippen LogP contribution in [0.4, 0.5) is 0 Å². The highest BCUT2D eigenvalue weighted by Crippen LogP contribution is 2.12. The zero-order valence-electron chi connectivity index (χ0n) is 10.8. The zero-order valence-corrected chi connectivity index (χ0v) is 10.8. The lowest BCUT2D eigenvalue weighted by atomic mass is 10.0. The van der Waals surface area contributed by atoms with Crippen LogP contribution in [-0.4, -0.2) is 6.10 Å². The summed E-state index contributed by atoms with van der Waals surface area (Å²) < 4.78 is 0. The van der Waals surface area contributed by atoms with Crippen molar-refractivity contribution in [1.29, 1.82) is 0 Å². The molecule has 1 radical (unpaired) electrons. The molecule has 1 unspecified atom stereocenters. The van der Waals surface area contributed by atoms with Crippen molar-refractivity contribution >= 4 is 0 Å². The van der Waals surface area contributed by atoms with Crippen LogP contribution in [0.25, 0.3) is 0 Å². The van der Waals surface area contributed by atoms with Gasteiger partial charge in [0.15, 0.2) is 0 Å². The lowest BCUT2D eigenvalue weighted by Crippen LogP contribution is -2.03. The van der Waals surface area contributed by atoms with Gasteiger partial charge in [0.1, 0.15) is 0 Å². The van der Waals surface area contributed by atoms with Gasteiger partial charge in [-0.3, -0.25) is 0 Å². The summed E-state index contributed by atoms with van der Waals surface area (Å²) in [5.74, 6) is 0. The third kappa shape index (κ3) is 11.9. The third-order valence-electron chi connectivity index (χ3n) is 3.01. The molecule has 0 saturated carbocycles. The van der Waals surface area contributed by atoms with Gasteiger partial charge < -0.3 is 0 Å². The fourth-order valence-corrected chi connectivity index (χ4v) is 1.91. The molecule has 0 fully saturated rings. The quantitative estimate of drug-likeness (QED) is 0.425. The zero-order chi connectivity index (χ0) is 11.4. The van der Waals surface area contributed by atoms with E-state index in [1.807, 2.05) is 0 Å². The molecule has 0 amide bonds. The molecule has 0 aromatic carbocycles. The van der Waals surface area contributed by atoms with E-state index in [-0.39, 0.29) is 6.10 Å². The lowest BCUT2D eigenvalue weighted by molar-refractivity contribution is 0.0693. The first-order chi connectivity index (χ1) is 7.31. The van der Waals surface area contributed by atoms with Gasteiger partial charge in [-0.1, -0.05) is 71.6 Å². The van der Waals surface area contributed by atoms with Crippen molar-refractivity contribution in [3.63, 3.8) is 0 Å². The topological polar surface area (TPSA) is 19.9 Å². The van der Waals surface area contributed by atoms with Gasteiger partial charge in [-0.05, 0) is 12.8 Å². The van der Waals surface area contributed by atoms with E-state index < -0.39 is 0 Å². The van der Waals surface area contributed by atoms with Crippen molar-refractivity contribution in [3.05, 3.63) is 0 Å². The number of hydrogen-bond acceptors (Lipinski definition) is 0. The highest BCUT2D eigenvalue weighted by atomic mass is 16.3. The summed E-state index contributed by atoms with van der Waals surface area (Å²) in [6, 6.07) is 0. The third-order valence-corrected chi connectivity index (χ3v) is 3.01. The van der Waals surface area contributed by atoms with Crippen LogP contribution in [0.1, 0.15) is 84.5 Å². The Balaban J connectivity index is 3.02. The summed E-state index contributed by atoms with van der Waals surface area (Å²) in [6.45, 7) is 4.40. The predicted molar refractivity (Wildman–Crippen MR) is 66.6 cm³/mol. The second-order valence-electron chi connectivity index (χ2n) is 4.67. The molecule has 0 aliphatic carbocycles. The summed E-state index contributed by atoms with van der Waals surface area (Å²) in [4.78, 5) is 0. The molecule has 0 N–H and O–H groups in total. The highest BCUT2D eigenvalue weighted by Gasteiger charge is 2.04. The van der Waals surface area contributed by atoms with Crippen LogP contribution in [0.3, 0.4) is 0 Å². The van der Waals surface area contributed by atoms with Gasteiger partial charge in [-0.2, -0.15) is 0 Å². The second-order valence-corrected chi connectivity index (χ2v) is 4.67. The van der Waals surface area contributed by atoms with E-state index in [4.69, 9.17) is 0 Å². The molecule has 0 heterocycles. The minimum absolute atomic E-state index is 0.277. The number of unbranched alkanes of at least 4 members (excludes halogenated alkanes) is 7. The molecule has 0 aliphatic heterocycles. The molecule has 0 aliphatic rings. The molecule has 0 aromatic heterocycles. The van der Waals surface area contributed by atoms with Crippen LogP contribution >= 0.6 is 0 Å². The van der Waals surface area contributed by atoms with Crippen molar-refractivity contribution in [1.82, 2.24) is 0 Å². The molecule has 0 aromatic rings. The van der Waals surface area contributed by atoms with E-state index >= 15 is 0 Å². The van der Waals surface area contributed by atoms with Crippen LogP contribution in [0.2, 0.25) is 0 Å². The van der Waals surface area contributed by atoms with Crippen LogP contribution in [-0.2, 0) is 5.11 Å². The van der Waals surface area contributed by atoms with Crippen molar-refractivity contribution in [2.24, 2.45) is 0 Å². The molecule has 1 heteroatoms. The van der Waals surface area contributed by atoms with Gasteiger partial charge >= 0.3 is 0 Å². The maximum absolute atomic E-state index is 11.4. The molecule has 91 valence electrons. The maximum Gasteiger partial charge on any atom is 0.0930 e. The smallest absolute Gasteiger partial charge is 0.0930 e. The summed E-state index contributed by atoms with van der Waals surface area (Å²) in [5, 5.41) is 11.4. The molecule has 0 spiro atoms. The highest BCUT2D eigenvalue weighted by molar-refractivity contribution is 4.55. The largest absolute Gasteiger partial charge is 0.233 e. The summed E-state index contributed by atoms with van der Waals surface area (Å²) in [7, 11) is 0. The van der Waals surface area contributed by atoms with Crippen molar-refractivity contribution in [2.75, 3.05) is 0 Å². The normalized spacial score (nSPS) is 13.0. The summed E-state index contributed by atoms with van der Waals surface area (Å²) >= 11 is 0. The van der Waals surface area contributed by atoms with Gasteiger partial charge in [0.25, 0.3) is 0 Å². The monoisotopic (exact) mass is 213 g/mol. The van der Waals surface area contributed by atoms with Crippen LogP contribution < -0.4 is 0 Å². The molecule has 1 nitrogen and oxygen atoms in total. The Kier molecular flexibility index (Phi) is 12.0. The molecular formula is C14H29O. The van der Waals surface area contributed by atoms with Gasteiger partial charge in [-0.25, -0.2) is 5.11 Å². The van der Waals surface area contributed by atoms with Crippen molar-refractivity contribution < 1.29 is 5.11 Å². The van der Waals surface area contributed by atoms with Crippen molar-refractivity contribution in [3.8, 4) is 0 Å². The predicted octanol–water partition coefficient (Wildman–Crippen LogP) is 5.12. The Bertz CT molecular complexity index is 112. The van der Waals surface area contributed by atoms with E-state index in [9.17, 15) is 5.11 Å². The van der Waals surface area contributed by atoms with Crippen LogP contribution in [0.15, 0.2) is 0 Å². The first kappa shape index (κ1) is 15.0. The Morgan fingerprint density at radius 3 is 1.73 bits per heavy atom. The Labute approximate surface area is 96.3 Å². The van der Waals surface area contributed by atoms with Gasteiger partial charge in [0.05, 0.1) is 6.10 Å².